The Hall–Kier alpha value is -2.19. The van der Waals surface area contributed by atoms with Crippen LogP contribution in [0.2, 0.25) is 0 Å². The SMILES string of the molecule is O=C(NCCC(=O)N1CCC[C@H]1c1ccc[nH]1)OCC(F)(F)F. The molecule has 1 fully saturated rings. The van der Waals surface area contributed by atoms with Gasteiger partial charge in [-0.05, 0) is 25.0 Å². The van der Waals surface area contributed by atoms with Crippen LogP contribution in [0, 0.1) is 0 Å². The molecule has 6 nitrogen and oxygen atoms in total. The minimum atomic E-state index is -4.56. The quantitative estimate of drug-likeness (QED) is 0.869. The van der Waals surface area contributed by atoms with Gasteiger partial charge >= 0.3 is 12.3 Å². The molecule has 2 heterocycles. The third-order valence-corrected chi connectivity index (χ3v) is 3.53. The molecule has 128 valence electrons. The highest BCUT2D eigenvalue weighted by molar-refractivity contribution is 5.78. The number of alkyl carbamates (subject to hydrolysis) is 1. The lowest BCUT2D eigenvalue weighted by Crippen LogP contribution is -2.35. The van der Waals surface area contributed by atoms with Gasteiger partial charge in [0.05, 0.1) is 6.04 Å². The topological polar surface area (TPSA) is 74.4 Å². The highest BCUT2D eigenvalue weighted by atomic mass is 19.4. The second-order valence-corrected chi connectivity index (χ2v) is 5.24. The number of H-pyrrole nitrogens is 1. The summed E-state index contributed by atoms with van der Waals surface area (Å²) in [4.78, 5) is 28.1. The third-order valence-electron chi connectivity index (χ3n) is 3.53. The van der Waals surface area contributed by atoms with Crippen LogP contribution in [0.25, 0.3) is 0 Å². The molecule has 1 saturated heterocycles. The molecule has 0 aliphatic carbocycles. The van der Waals surface area contributed by atoms with Gasteiger partial charge in [0.2, 0.25) is 5.91 Å². The first-order valence-corrected chi connectivity index (χ1v) is 7.27. The third kappa shape index (κ3) is 5.19. The smallest absolute Gasteiger partial charge is 0.422 e. The molecular formula is C14H18F3N3O3. The number of halogens is 3. The van der Waals surface area contributed by atoms with Crippen LogP contribution in [0.5, 0.6) is 0 Å². The van der Waals surface area contributed by atoms with Crippen molar-refractivity contribution in [2.75, 3.05) is 19.7 Å². The molecule has 1 aliphatic heterocycles. The van der Waals surface area contributed by atoms with Crippen molar-refractivity contribution >= 4 is 12.0 Å². The number of alkyl halides is 3. The molecule has 0 saturated carbocycles. The Morgan fingerprint density at radius 3 is 2.87 bits per heavy atom. The molecule has 1 aromatic rings. The molecule has 1 aliphatic rings. The number of carbonyl (C=O) groups excluding carboxylic acids is 2. The summed E-state index contributed by atoms with van der Waals surface area (Å²) in [6, 6.07) is 3.74. The highest BCUT2D eigenvalue weighted by Gasteiger charge is 2.31. The molecule has 0 aromatic carbocycles. The highest BCUT2D eigenvalue weighted by Crippen LogP contribution is 2.31. The molecule has 2 rings (SSSR count). The van der Waals surface area contributed by atoms with Gasteiger partial charge in [-0.1, -0.05) is 0 Å². The number of carbonyl (C=O) groups is 2. The van der Waals surface area contributed by atoms with Gasteiger partial charge in [-0.15, -0.1) is 0 Å². The first kappa shape index (κ1) is 17.2. The molecule has 2 amide bonds. The van der Waals surface area contributed by atoms with E-state index < -0.39 is 18.9 Å². The van der Waals surface area contributed by atoms with E-state index in [0.717, 1.165) is 18.5 Å². The molecule has 0 spiro atoms. The predicted octanol–water partition coefficient (Wildman–Crippen LogP) is 2.36. The Bertz CT molecular complexity index is 531. The summed E-state index contributed by atoms with van der Waals surface area (Å²) in [7, 11) is 0. The maximum atomic E-state index is 12.2. The maximum Gasteiger partial charge on any atom is 0.422 e. The number of hydrogen-bond donors (Lipinski definition) is 2. The van der Waals surface area contributed by atoms with Crippen molar-refractivity contribution in [2.45, 2.75) is 31.5 Å². The minimum absolute atomic E-state index is 0.0122. The molecular weight excluding hydrogens is 315 g/mol. The van der Waals surface area contributed by atoms with E-state index in [0.29, 0.717) is 6.54 Å². The van der Waals surface area contributed by atoms with Crippen molar-refractivity contribution in [3.63, 3.8) is 0 Å². The lowest BCUT2D eigenvalue weighted by atomic mass is 10.1. The number of aromatic nitrogens is 1. The fourth-order valence-electron chi connectivity index (χ4n) is 2.55. The Kier molecular flexibility index (Phi) is 5.51. The standard InChI is InChI=1S/C14H18F3N3O3/c15-14(16,17)9-23-13(22)19-7-5-12(21)20-8-2-4-11(20)10-3-1-6-18-10/h1,3,6,11,18H,2,4-5,7-9H2,(H,19,22)/t11-/m0/s1. The first-order chi connectivity index (χ1) is 10.9. The van der Waals surface area contributed by atoms with E-state index >= 15 is 0 Å². The van der Waals surface area contributed by atoms with Crippen LogP contribution in [0.1, 0.15) is 31.0 Å². The maximum absolute atomic E-state index is 12.2. The Labute approximate surface area is 131 Å². The second kappa shape index (κ2) is 7.38. The normalized spacial score (nSPS) is 18.0. The number of nitrogens with zero attached hydrogens (tertiary/aromatic N) is 1. The lowest BCUT2D eigenvalue weighted by molar-refractivity contribution is -0.160. The van der Waals surface area contributed by atoms with Crippen molar-refractivity contribution in [1.29, 1.82) is 0 Å². The van der Waals surface area contributed by atoms with Crippen LogP contribution in [0.4, 0.5) is 18.0 Å². The van der Waals surface area contributed by atoms with Gasteiger partial charge < -0.3 is 19.9 Å². The lowest BCUT2D eigenvalue weighted by Gasteiger charge is -2.24. The van der Waals surface area contributed by atoms with Gasteiger partial charge in [0.1, 0.15) is 0 Å². The summed E-state index contributed by atoms with van der Waals surface area (Å²) >= 11 is 0. The molecule has 0 unspecified atom stereocenters. The van der Waals surface area contributed by atoms with Crippen LogP contribution < -0.4 is 5.32 Å². The number of aromatic amines is 1. The zero-order valence-electron chi connectivity index (χ0n) is 12.4. The van der Waals surface area contributed by atoms with Crippen molar-refractivity contribution in [3.05, 3.63) is 24.0 Å². The van der Waals surface area contributed by atoms with Crippen LogP contribution in [0.15, 0.2) is 18.3 Å². The van der Waals surface area contributed by atoms with Crippen molar-refractivity contribution in [2.24, 2.45) is 0 Å². The molecule has 0 bridgehead atoms. The zero-order chi connectivity index (χ0) is 16.9. The monoisotopic (exact) mass is 333 g/mol. The van der Waals surface area contributed by atoms with Crippen molar-refractivity contribution < 1.29 is 27.5 Å². The number of amides is 2. The fourth-order valence-corrected chi connectivity index (χ4v) is 2.55. The van der Waals surface area contributed by atoms with Crippen LogP contribution in [0.3, 0.4) is 0 Å². The van der Waals surface area contributed by atoms with Gasteiger partial charge in [-0.2, -0.15) is 13.2 Å². The zero-order valence-corrected chi connectivity index (χ0v) is 12.4. The molecule has 1 atom stereocenters. The van der Waals surface area contributed by atoms with Gasteiger partial charge in [-0.3, -0.25) is 4.79 Å². The van der Waals surface area contributed by atoms with Gasteiger partial charge in [-0.25, -0.2) is 4.79 Å². The summed E-state index contributed by atoms with van der Waals surface area (Å²) in [5.41, 5.74) is 0.952. The summed E-state index contributed by atoms with van der Waals surface area (Å²) in [6.45, 7) is -1.09. The van der Waals surface area contributed by atoms with E-state index in [1.165, 1.54) is 0 Å². The van der Waals surface area contributed by atoms with Gasteiger partial charge in [0.25, 0.3) is 0 Å². The van der Waals surface area contributed by atoms with E-state index in [9.17, 15) is 22.8 Å². The summed E-state index contributed by atoms with van der Waals surface area (Å²) < 4.78 is 39.6. The largest absolute Gasteiger partial charge is 0.440 e. The number of ether oxygens (including phenoxy) is 1. The molecule has 1 aromatic heterocycles. The predicted molar refractivity (Wildman–Crippen MR) is 74.5 cm³/mol. The summed E-state index contributed by atoms with van der Waals surface area (Å²) in [6.07, 6.45) is -2.21. The number of rotatable bonds is 5. The van der Waals surface area contributed by atoms with Crippen molar-refractivity contribution in [3.8, 4) is 0 Å². The van der Waals surface area contributed by atoms with Crippen LogP contribution in [-0.2, 0) is 9.53 Å². The van der Waals surface area contributed by atoms with E-state index in [2.05, 4.69) is 15.0 Å². The van der Waals surface area contributed by atoms with Crippen LogP contribution in [-0.4, -0.2) is 47.8 Å². The number of hydrogen-bond acceptors (Lipinski definition) is 3. The van der Waals surface area contributed by atoms with Crippen molar-refractivity contribution in [1.82, 2.24) is 15.2 Å². The van der Waals surface area contributed by atoms with E-state index in [4.69, 9.17) is 0 Å². The average molecular weight is 333 g/mol. The minimum Gasteiger partial charge on any atom is -0.440 e. The Morgan fingerprint density at radius 1 is 1.43 bits per heavy atom. The molecule has 2 N–H and O–H groups in total. The van der Waals surface area contributed by atoms with Crippen LogP contribution >= 0.6 is 0 Å². The number of likely N-dealkylation sites (tertiary alicyclic amines) is 1. The average Bonchev–Trinajstić information content (AvgIpc) is 3.14. The summed E-state index contributed by atoms with van der Waals surface area (Å²) in [5, 5.41) is 2.14. The summed E-state index contributed by atoms with van der Waals surface area (Å²) in [5.74, 6) is -0.154. The Balaban J connectivity index is 1.73. The van der Waals surface area contributed by atoms with Gasteiger partial charge in [0.15, 0.2) is 6.61 Å². The first-order valence-electron chi connectivity index (χ1n) is 7.27. The van der Waals surface area contributed by atoms with Gasteiger partial charge in [0, 0.05) is 31.4 Å². The Morgan fingerprint density at radius 2 is 2.22 bits per heavy atom. The van der Waals surface area contributed by atoms with E-state index in [1.54, 1.807) is 11.1 Å². The molecule has 0 radical (unpaired) electrons. The van der Waals surface area contributed by atoms with E-state index in [-0.39, 0.29) is 24.9 Å². The molecule has 9 heteroatoms. The number of nitrogens with one attached hydrogen (secondary N) is 2. The fraction of sp³-hybridized carbons (Fsp3) is 0.571. The second-order valence-electron chi connectivity index (χ2n) is 5.24. The van der Waals surface area contributed by atoms with E-state index in [1.807, 2.05) is 12.1 Å². The molecule has 23 heavy (non-hydrogen) atoms.